The van der Waals surface area contributed by atoms with Gasteiger partial charge in [0.05, 0.1) is 22.8 Å². The summed E-state index contributed by atoms with van der Waals surface area (Å²) in [7, 11) is 1.62. The fourth-order valence-corrected chi connectivity index (χ4v) is 2.09. The number of nitriles is 1. The van der Waals surface area contributed by atoms with Gasteiger partial charge in [-0.15, -0.1) is 0 Å². The molecular weight excluding hydrogens is 306 g/mol. The van der Waals surface area contributed by atoms with Crippen LogP contribution >= 0.6 is 15.9 Å². The van der Waals surface area contributed by atoms with Crippen LogP contribution in [0.2, 0.25) is 0 Å². The quantitative estimate of drug-likeness (QED) is 0.936. The van der Waals surface area contributed by atoms with Crippen molar-refractivity contribution in [2.75, 3.05) is 12.4 Å². The maximum absolute atomic E-state index is 8.81. The molecule has 4 nitrogen and oxygen atoms in total. The van der Waals surface area contributed by atoms with Crippen LogP contribution in [-0.4, -0.2) is 12.1 Å². The molecule has 5 heteroatoms. The fraction of sp³-hybridized carbons (Fsp3) is 0.143. The summed E-state index contributed by atoms with van der Waals surface area (Å²) in [6.07, 6.45) is 1.52. The molecule has 0 aliphatic carbocycles. The van der Waals surface area contributed by atoms with Crippen molar-refractivity contribution in [3.63, 3.8) is 0 Å². The van der Waals surface area contributed by atoms with Gasteiger partial charge in [-0.05, 0) is 46.6 Å². The Morgan fingerprint density at radius 1 is 1.37 bits per heavy atom. The number of pyridine rings is 1. The van der Waals surface area contributed by atoms with Gasteiger partial charge in [-0.2, -0.15) is 5.26 Å². The lowest BCUT2D eigenvalue weighted by atomic mass is 10.2. The van der Waals surface area contributed by atoms with E-state index >= 15 is 0 Å². The smallest absolute Gasteiger partial charge is 0.144 e. The van der Waals surface area contributed by atoms with Crippen LogP contribution in [0.15, 0.2) is 34.9 Å². The summed E-state index contributed by atoms with van der Waals surface area (Å²) in [5.74, 6) is 1.38. The van der Waals surface area contributed by atoms with E-state index < -0.39 is 0 Å². The molecular formula is C14H12BrN3O. The molecule has 0 aliphatic rings. The van der Waals surface area contributed by atoms with Crippen molar-refractivity contribution in [1.29, 1.82) is 5.26 Å². The van der Waals surface area contributed by atoms with Gasteiger partial charge < -0.3 is 10.1 Å². The molecule has 0 unspecified atom stereocenters. The molecule has 2 rings (SSSR count). The fourth-order valence-electron chi connectivity index (χ4n) is 1.64. The Bertz CT molecular complexity index is 650. The molecule has 1 aromatic heterocycles. The van der Waals surface area contributed by atoms with Gasteiger partial charge in [0, 0.05) is 6.20 Å². The monoisotopic (exact) mass is 317 g/mol. The average Bonchev–Trinajstić information content (AvgIpc) is 2.41. The first-order chi connectivity index (χ1) is 9.13. The first kappa shape index (κ1) is 13.4. The minimum atomic E-state index is 0.508. The Balaban J connectivity index is 2.36. The van der Waals surface area contributed by atoms with Gasteiger partial charge in [0.1, 0.15) is 17.6 Å². The number of methoxy groups -OCH3 is 1. The standard InChI is InChI=1S/C14H12BrN3O/c1-9-3-4-13(19-2)12(5-9)18-14-11(15)6-10(7-16)8-17-14/h3-6,8H,1-2H3,(H,17,18). The van der Waals surface area contributed by atoms with Gasteiger partial charge in [-0.1, -0.05) is 6.07 Å². The van der Waals surface area contributed by atoms with Crippen LogP contribution < -0.4 is 10.1 Å². The van der Waals surface area contributed by atoms with Gasteiger partial charge in [0.2, 0.25) is 0 Å². The number of hydrogen-bond acceptors (Lipinski definition) is 4. The molecule has 1 aromatic carbocycles. The summed E-state index contributed by atoms with van der Waals surface area (Å²) in [6, 6.07) is 9.62. The summed E-state index contributed by atoms with van der Waals surface area (Å²) >= 11 is 3.39. The third-order valence-corrected chi connectivity index (χ3v) is 3.18. The highest BCUT2D eigenvalue weighted by molar-refractivity contribution is 9.10. The molecule has 19 heavy (non-hydrogen) atoms. The second kappa shape index (κ2) is 5.72. The van der Waals surface area contributed by atoms with Crippen molar-refractivity contribution in [2.24, 2.45) is 0 Å². The molecule has 0 atom stereocenters. The third kappa shape index (κ3) is 3.04. The zero-order valence-electron chi connectivity index (χ0n) is 10.6. The molecule has 0 radical (unpaired) electrons. The van der Waals surface area contributed by atoms with Gasteiger partial charge in [0.25, 0.3) is 0 Å². The normalized spacial score (nSPS) is 9.79. The van der Waals surface area contributed by atoms with E-state index in [1.165, 1.54) is 6.20 Å². The molecule has 0 saturated heterocycles. The Morgan fingerprint density at radius 2 is 2.16 bits per heavy atom. The van der Waals surface area contributed by atoms with Gasteiger partial charge >= 0.3 is 0 Å². The molecule has 0 aliphatic heterocycles. The van der Waals surface area contributed by atoms with Crippen molar-refractivity contribution in [3.05, 3.63) is 46.1 Å². The number of nitrogens with one attached hydrogen (secondary N) is 1. The van der Waals surface area contributed by atoms with E-state index in [1.54, 1.807) is 13.2 Å². The molecule has 1 N–H and O–H groups in total. The first-order valence-corrected chi connectivity index (χ1v) is 6.40. The van der Waals surface area contributed by atoms with Gasteiger partial charge in [0.15, 0.2) is 0 Å². The number of aromatic nitrogens is 1. The SMILES string of the molecule is COc1ccc(C)cc1Nc1ncc(C#N)cc1Br. The maximum Gasteiger partial charge on any atom is 0.144 e. The molecule has 0 spiro atoms. The van der Waals surface area contributed by atoms with E-state index in [9.17, 15) is 0 Å². The lowest BCUT2D eigenvalue weighted by Gasteiger charge is -2.12. The van der Waals surface area contributed by atoms with Crippen molar-refractivity contribution < 1.29 is 4.74 Å². The molecule has 0 bridgehead atoms. The van der Waals surface area contributed by atoms with E-state index in [4.69, 9.17) is 10.00 Å². The summed E-state index contributed by atoms with van der Waals surface area (Å²) < 4.78 is 6.03. The number of ether oxygens (including phenoxy) is 1. The topological polar surface area (TPSA) is 57.9 Å². The predicted octanol–water partition coefficient (Wildman–Crippen LogP) is 3.78. The summed E-state index contributed by atoms with van der Waals surface area (Å²) in [4.78, 5) is 4.21. The minimum Gasteiger partial charge on any atom is -0.495 e. The lowest BCUT2D eigenvalue weighted by molar-refractivity contribution is 0.416. The minimum absolute atomic E-state index is 0.508. The van der Waals surface area contributed by atoms with Crippen LogP contribution in [0.3, 0.4) is 0 Å². The van der Waals surface area contributed by atoms with Gasteiger partial charge in [-0.25, -0.2) is 4.98 Å². The zero-order chi connectivity index (χ0) is 13.8. The highest BCUT2D eigenvalue weighted by Gasteiger charge is 2.07. The van der Waals surface area contributed by atoms with E-state index in [1.807, 2.05) is 31.2 Å². The predicted molar refractivity (Wildman–Crippen MR) is 77.7 cm³/mol. The molecule has 96 valence electrons. The number of rotatable bonds is 3. The van der Waals surface area contributed by atoms with Crippen LogP contribution in [-0.2, 0) is 0 Å². The van der Waals surface area contributed by atoms with Crippen LogP contribution in [0.1, 0.15) is 11.1 Å². The molecule has 2 aromatic rings. The number of aryl methyl sites for hydroxylation is 1. The Hall–Kier alpha value is -2.06. The van der Waals surface area contributed by atoms with Crippen LogP contribution in [0.25, 0.3) is 0 Å². The van der Waals surface area contributed by atoms with Gasteiger partial charge in [-0.3, -0.25) is 0 Å². The molecule has 0 amide bonds. The van der Waals surface area contributed by atoms with Crippen molar-refractivity contribution >= 4 is 27.4 Å². The van der Waals surface area contributed by atoms with Crippen molar-refractivity contribution in [3.8, 4) is 11.8 Å². The Morgan fingerprint density at radius 3 is 2.79 bits per heavy atom. The summed E-state index contributed by atoms with van der Waals surface area (Å²) in [6.45, 7) is 2.01. The van der Waals surface area contributed by atoms with E-state index in [-0.39, 0.29) is 0 Å². The summed E-state index contributed by atoms with van der Waals surface area (Å²) in [5.41, 5.74) is 2.46. The number of anilines is 2. The van der Waals surface area contributed by atoms with Crippen LogP contribution in [0.4, 0.5) is 11.5 Å². The van der Waals surface area contributed by atoms with Crippen LogP contribution in [0.5, 0.6) is 5.75 Å². The van der Waals surface area contributed by atoms with E-state index in [0.29, 0.717) is 11.4 Å². The number of benzene rings is 1. The average molecular weight is 318 g/mol. The van der Waals surface area contributed by atoms with Crippen molar-refractivity contribution in [2.45, 2.75) is 6.92 Å². The Kier molecular flexibility index (Phi) is 4.03. The highest BCUT2D eigenvalue weighted by Crippen LogP contribution is 2.31. The number of hydrogen-bond donors (Lipinski definition) is 1. The Labute approximate surface area is 120 Å². The second-order valence-electron chi connectivity index (χ2n) is 3.99. The number of nitrogens with zero attached hydrogens (tertiary/aromatic N) is 2. The molecule has 1 heterocycles. The van der Waals surface area contributed by atoms with E-state index in [2.05, 4.69) is 26.2 Å². The lowest BCUT2D eigenvalue weighted by Crippen LogP contribution is -1.98. The zero-order valence-corrected chi connectivity index (χ0v) is 12.2. The largest absolute Gasteiger partial charge is 0.495 e. The molecule has 0 fully saturated rings. The van der Waals surface area contributed by atoms with Crippen molar-refractivity contribution in [1.82, 2.24) is 4.98 Å². The number of halogens is 1. The van der Waals surface area contributed by atoms with Crippen LogP contribution in [0, 0.1) is 18.3 Å². The molecule has 0 saturated carbocycles. The third-order valence-electron chi connectivity index (χ3n) is 2.58. The maximum atomic E-state index is 8.81. The second-order valence-corrected chi connectivity index (χ2v) is 4.85. The first-order valence-electron chi connectivity index (χ1n) is 5.61. The summed E-state index contributed by atoms with van der Waals surface area (Å²) in [5, 5.41) is 12.0. The highest BCUT2D eigenvalue weighted by atomic mass is 79.9. The van der Waals surface area contributed by atoms with E-state index in [0.717, 1.165) is 21.5 Å².